The number of hydrogen-bond acceptors (Lipinski definition) is 3. The molecule has 0 bridgehead atoms. The van der Waals surface area contributed by atoms with E-state index in [0.29, 0.717) is 12.2 Å². The second-order valence-corrected chi connectivity index (χ2v) is 3.87. The molecule has 1 amide bonds. The van der Waals surface area contributed by atoms with E-state index in [1.165, 1.54) is 12.1 Å². The molecule has 1 heterocycles. The van der Waals surface area contributed by atoms with Crippen LogP contribution in [-0.2, 0) is 13.6 Å². The van der Waals surface area contributed by atoms with Crippen LogP contribution >= 0.6 is 0 Å². The summed E-state index contributed by atoms with van der Waals surface area (Å²) in [6, 6.07) is 4.15. The van der Waals surface area contributed by atoms with E-state index in [0.717, 1.165) is 5.82 Å². The number of primary amides is 1. The Labute approximate surface area is 103 Å². The quantitative estimate of drug-likeness (QED) is 0.855. The summed E-state index contributed by atoms with van der Waals surface area (Å²) in [6.45, 7) is 0.479. The van der Waals surface area contributed by atoms with Crippen LogP contribution in [0.3, 0.4) is 0 Å². The molecule has 1 aromatic carbocycles. The van der Waals surface area contributed by atoms with Gasteiger partial charge in [0.1, 0.15) is 11.6 Å². The molecule has 0 radical (unpaired) electrons. The van der Waals surface area contributed by atoms with Gasteiger partial charge in [-0.1, -0.05) is 0 Å². The lowest BCUT2D eigenvalue weighted by Gasteiger charge is -2.08. The number of amides is 1. The van der Waals surface area contributed by atoms with Crippen LogP contribution in [0.2, 0.25) is 0 Å². The summed E-state index contributed by atoms with van der Waals surface area (Å²) in [4.78, 5) is 15.1. The third-order valence-corrected chi connectivity index (χ3v) is 2.60. The van der Waals surface area contributed by atoms with Crippen LogP contribution in [0.15, 0.2) is 30.6 Å². The van der Waals surface area contributed by atoms with Gasteiger partial charge in [-0.2, -0.15) is 0 Å². The van der Waals surface area contributed by atoms with Crippen LogP contribution in [0.5, 0.6) is 0 Å². The minimum atomic E-state index is -0.784. The number of carbonyl (C=O) groups is 1. The predicted octanol–water partition coefficient (Wildman–Crippen LogP) is 1.27. The molecular formula is C12H13FN4O. The van der Waals surface area contributed by atoms with Crippen molar-refractivity contribution >= 4 is 11.6 Å². The Morgan fingerprint density at radius 2 is 2.33 bits per heavy atom. The third kappa shape index (κ3) is 2.48. The summed E-state index contributed by atoms with van der Waals surface area (Å²) in [7, 11) is 1.88. The number of benzene rings is 1. The lowest BCUT2D eigenvalue weighted by Crippen LogP contribution is -2.14. The van der Waals surface area contributed by atoms with Gasteiger partial charge in [0.05, 0.1) is 12.1 Å². The van der Waals surface area contributed by atoms with Crippen molar-refractivity contribution in [2.24, 2.45) is 12.8 Å². The van der Waals surface area contributed by atoms with Crippen molar-refractivity contribution in [1.29, 1.82) is 0 Å². The Morgan fingerprint density at radius 1 is 1.56 bits per heavy atom. The van der Waals surface area contributed by atoms with Crippen molar-refractivity contribution < 1.29 is 9.18 Å². The van der Waals surface area contributed by atoms with Gasteiger partial charge in [-0.25, -0.2) is 9.37 Å². The number of hydrogen-bond donors (Lipinski definition) is 2. The van der Waals surface area contributed by atoms with E-state index in [4.69, 9.17) is 5.73 Å². The Kier molecular flexibility index (Phi) is 3.27. The summed E-state index contributed by atoms with van der Waals surface area (Å²) in [5.41, 5.74) is 5.57. The molecule has 0 saturated heterocycles. The highest BCUT2D eigenvalue weighted by Crippen LogP contribution is 2.15. The summed E-state index contributed by atoms with van der Waals surface area (Å²) in [6.07, 6.45) is 3.52. The van der Waals surface area contributed by atoms with Crippen LogP contribution in [0.25, 0.3) is 0 Å². The molecule has 0 aliphatic heterocycles. The van der Waals surface area contributed by atoms with Gasteiger partial charge in [0.25, 0.3) is 5.91 Å². The maximum atomic E-state index is 13.3. The fraction of sp³-hybridized carbons (Fsp3) is 0.167. The summed E-state index contributed by atoms with van der Waals surface area (Å²) in [5, 5.41) is 3.05. The normalized spacial score (nSPS) is 10.3. The third-order valence-electron chi connectivity index (χ3n) is 2.60. The molecular weight excluding hydrogens is 235 g/mol. The number of anilines is 1. The molecule has 6 heteroatoms. The lowest BCUT2D eigenvalue weighted by atomic mass is 10.2. The zero-order chi connectivity index (χ0) is 13.1. The number of rotatable bonds is 4. The fourth-order valence-corrected chi connectivity index (χ4v) is 1.57. The second kappa shape index (κ2) is 4.87. The Hall–Kier alpha value is -2.37. The molecule has 18 heavy (non-hydrogen) atoms. The van der Waals surface area contributed by atoms with Gasteiger partial charge < -0.3 is 15.6 Å². The van der Waals surface area contributed by atoms with E-state index in [1.807, 2.05) is 17.8 Å². The molecule has 5 nitrogen and oxygen atoms in total. The SMILES string of the molecule is Cn1ccnc1CNc1ccc(F)c(C(N)=O)c1. The van der Waals surface area contributed by atoms with Gasteiger partial charge in [-0.15, -0.1) is 0 Å². The number of nitrogens with one attached hydrogen (secondary N) is 1. The highest BCUT2D eigenvalue weighted by molar-refractivity contribution is 5.94. The number of aromatic nitrogens is 2. The van der Waals surface area contributed by atoms with Gasteiger partial charge in [0.15, 0.2) is 0 Å². The van der Waals surface area contributed by atoms with Crippen molar-refractivity contribution in [1.82, 2.24) is 9.55 Å². The number of halogens is 1. The van der Waals surface area contributed by atoms with Gasteiger partial charge >= 0.3 is 0 Å². The first-order chi connectivity index (χ1) is 8.58. The average molecular weight is 248 g/mol. The summed E-state index contributed by atoms with van der Waals surface area (Å²) < 4.78 is 15.1. The van der Waals surface area contributed by atoms with E-state index in [-0.39, 0.29) is 5.56 Å². The molecule has 3 N–H and O–H groups in total. The molecule has 0 aliphatic carbocycles. The molecule has 2 aromatic rings. The van der Waals surface area contributed by atoms with Crippen molar-refractivity contribution in [3.05, 3.63) is 47.8 Å². The number of nitrogens with zero attached hydrogens (tertiary/aromatic N) is 2. The maximum absolute atomic E-state index is 13.3. The van der Waals surface area contributed by atoms with E-state index < -0.39 is 11.7 Å². The van der Waals surface area contributed by atoms with Crippen molar-refractivity contribution in [3.8, 4) is 0 Å². The summed E-state index contributed by atoms with van der Waals surface area (Å²) >= 11 is 0. The molecule has 0 aliphatic rings. The number of nitrogens with two attached hydrogens (primary N) is 1. The Morgan fingerprint density at radius 3 is 2.94 bits per heavy atom. The van der Waals surface area contributed by atoms with E-state index >= 15 is 0 Å². The Bertz CT molecular complexity index is 579. The minimum absolute atomic E-state index is 0.125. The van der Waals surface area contributed by atoms with Crippen molar-refractivity contribution in [3.63, 3.8) is 0 Å². The highest BCUT2D eigenvalue weighted by atomic mass is 19.1. The second-order valence-electron chi connectivity index (χ2n) is 3.87. The van der Waals surface area contributed by atoms with Gasteiger partial charge in [0.2, 0.25) is 0 Å². The van der Waals surface area contributed by atoms with Gasteiger partial charge in [0, 0.05) is 25.1 Å². The fourth-order valence-electron chi connectivity index (χ4n) is 1.57. The number of imidazole rings is 1. The first kappa shape index (κ1) is 12.1. The zero-order valence-electron chi connectivity index (χ0n) is 9.85. The number of carbonyl (C=O) groups excluding carboxylic acids is 1. The molecule has 0 spiro atoms. The van der Waals surface area contributed by atoms with Crippen LogP contribution < -0.4 is 11.1 Å². The van der Waals surface area contributed by atoms with E-state index in [2.05, 4.69) is 10.3 Å². The highest BCUT2D eigenvalue weighted by Gasteiger charge is 2.09. The molecule has 0 unspecified atom stereocenters. The molecule has 2 rings (SSSR count). The van der Waals surface area contributed by atoms with Gasteiger partial charge in [-0.3, -0.25) is 4.79 Å². The number of aryl methyl sites for hydroxylation is 1. The molecule has 1 aromatic heterocycles. The summed E-state index contributed by atoms with van der Waals surface area (Å²) in [5.74, 6) is -0.571. The van der Waals surface area contributed by atoms with E-state index in [1.54, 1.807) is 12.3 Å². The first-order valence-electron chi connectivity index (χ1n) is 5.37. The lowest BCUT2D eigenvalue weighted by molar-refractivity contribution is 0.0996. The maximum Gasteiger partial charge on any atom is 0.251 e. The first-order valence-corrected chi connectivity index (χ1v) is 5.37. The molecule has 0 saturated carbocycles. The molecule has 0 atom stereocenters. The molecule has 0 fully saturated rings. The van der Waals surface area contributed by atoms with Crippen LogP contribution in [0.4, 0.5) is 10.1 Å². The van der Waals surface area contributed by atoms with Crippen molar-refractivity contribution in [2.45, 2.75) is 6.54 Å². The largest absolute Gasteiger partial charge is 0.378 e. The van der Waals surface area contributed by atoms with Crippen LogP contribution in [0, 0.1) is 5.82 Å². The zero-order valence-corrected chi connectivity index (χ0v) is 9.85. The standard InChI is InChI=1S/C12H13FN4O/c1-17-5-4-15-11(17)7-16-8-2-3-10(13)9(6-8)12(14)18/h2-6,16H,7H2,1H3,(H2,14,18). The van der Waals surface area contributed by atoms with Crippen molar-refractivity contribution in [2.75, 3.05) is 5.32 Å². The van der Waals surface area contributed by atoms with Crippen LogP contribution in [-0.4, -0.2) is 15.5 Å². The molecule has 94 valence electrons. The average Bonchev–Trinajstić information content (AvgIpc) is 2.73. The smallest absolute Gasteiger partial charge is 0.251 e. The Balaban J connectivity index is 2.13. The van der Waals surface area contributed by atoms with E-state index in [9.17, 15) is 9.18 Å². The van der Waals surface area contributed by atoms with Crippen LogP contribution in [0.1, 0.15) is 16.2 Å². The van der Waals surface area contributed by atoms with Gasteiger partial charge in [-0.05, 0) is 18.2 Å². The monoisotopic (exact) mass is 248 g/mol. The minimum Gasteiger partial charge on any atom is -0.378 e. The topological polar surface area (TPSA) is 72.9 Å². The predicted molar refractivity (Wildman–Crippen MR) is 65.5 cm³/mol.